The van der Waals surface area contributed by atoms with Crippen molar-refractivity contribution < 1.29 is 35.9 Å². The van der Waals surface area contributed by atoms with E-state index >= 15 is 0 Å². The largest absolute Gasteiger partial charge is 0.416 e. The predicted octanol–water partition coefficient (Wildman–Crippen LogP) is 9.30. The standard InChI is InChI=1S/C32H33Cl2F6N3O2/c1-44-42-30(20-45-19-21-15-23(31(35,36)37)18-24(16-21)32(38,39)40)27(22-7-8-28(33)29(34)17-22)11-14-43-12-9-26(10-13-43)41-25-5-3-2-4-6-25/h2-8,15-18,26-27,41H,9-14,19-20H2,1H3. The number of nitrogens with zero attached hydrogens (tertiary/aromatic N) is 2. The third-order valence-corrected chi connectivity index (χ3v) is 8.33. The molecule has 1 aliphatic heterocycles. The van der Waals surface area contributed by atoms with Crippen LogP contribution in [-0.2, 0) is 28.5 Å². The molecule has 1 unspecified atom stereocenters. The lowest BCUT2D eigenvalue weighted by Gasteiger charge is -2.34. The van der Waals surface area contributed by atoms with Crippen molar-refractivity contribution in [2.45, 2.75) is 50.2 Å². The molecule has 1 aliphatic rings. The van der Waals surface area contributed by atoms with Gasteiger partial charge in [-0.3, -0.25) is 0 Å². The van der Waals surface area contributed by atoms with Gasteiger partial charge in [0.05, 0.1) is 40.1 Å². The molecule has 3 aromatic carbocycles. The lowest BCUT2D eigenvalue weighted by Crippen LogP contribution is -2.40. The highest BCUT2D eigenvalue weighted by Crippen LogP contribution is 2.37. The summed E-state index contributed by atoms with van der Waals surface area (Å²) in [4.78, 5) is 7.42. The summed E-state index contributed by atoms with van der Waals surface area (Å²) in [6.45, 7) is 1.70. The lowest BCUT2D eigenvalue weighted by atomic mass is 9.90. The Labute approximate surface area is 268 Å². The fraction of sp³-hybridized carbons (Fsp3) is 0.406. The molecule has 0 saturated carbocycles. The Bertz CT molecular complexity index is 1400. The van der Waals surface area contributed by atoms with Crippen LogP contribution in [0.1, 0.15) is 47.4 Å². The van der Waals surface area contributed by atoms with Gasteiger partial charge in [0.25, 0.3) is 0 Å². The van der Waals surface area contributed by atoms with Crippen LogP contribution in [0.5, 0.6) is 0 Å². The van der Waals surface area contributed by atoms with E-state index in [1.807, 2.05) is 30.3 Å². The zero-order valence-corrected chi connectivity index (χ0v) is 25.9. The van der Waals surface area contributed by atoms with E-state index in [9.17, 15) is 26.3 Å². The van der Waals surface area contributed by atoms with E-state index in [0.717, 1.165) is 37.2 Å². The molecule has 1 heterocycles. The Morgan fingerprint density at radius 2 is 1.56 bits per heavy atom. The van der Waals surface area contributed by atoms with E-state index in [4.69, 9.17) is 32.8 Å². The molecule has 1 atom stereocenters. The van der Waals surface area contributed by atoms with Gasteiger partial charge >= 0.3 is 12.4 Å². The second-order valence-electron chi connectivity index (χ2n) is 10.8. The summed E-state index contributed by atoms with van der Waals surface area (Å²) in [5.74, 6) is -0.382. The average Bonchev–Trinajstić information content (AvgIpc) is 2.99. The highest BCUT2D eigenvalue weighted by atomic mass is 35.5. The Morgan fingerprint density at radius 1 is 0.911 bits per heavy atom. The van der Waals surface area contributed by atoms with Crippen LogP contribution in [-0.4, -0.2) is 50.0 Å². The summed E-state index contributed by atoms with van der Waals surface area (Å²) >= 11 is 12.5. The minimum atomic E-state index is -4.95. The van der Waals surface area contributed by atoms with E-state index in [-0.39, 0.29) is 24.2 Å². The van der Waals surface area contributed by atoms with Gasteiger partial charge in [0.1, 0.15) is 7.11 Å². The zero-order valence-electron chi connectivity index (χ0n) is 24.4. The van der Waals surface area contributed by atoms with Crippen LogP contribution in [0.2, 0.25) is 10.0 Å². The van der Waals surface area contributed by atoms with Gasteiger partial charge < -0.3 is 19.8 Å². The second-order valence-corrected chi connectivity index (χ2v) is 11.6. The number of hydrogen-bond donors (Lipinski definition) is 1. The van der Waals surface area contributed by atoms with E-state index in [1.165, 1.54) is 7.11 Å². The number of alkyl halides is 6. The van der Waals surface area contributed by atoms with Crippen molar-refractivity contribution in [1.82, 2.24) is 4.90 Å². The minimum absolute atomic E-state index is 0.0855. The first-order valence-corrected chi connectivity index (χ1v) is 15.0. The SMILES string of the molecule is CON=C(COCc1cc(C(F)(F)F)cc(C(F)(F)F)c1)C(CCN1CCC(Nc2ccccc2)CC1)c1ccc(Cl)c(Cl)c1. The van der Waals surface area contributed by atoms with Gasteiger partial charge in [-0.1, -0.05) is 52.6 Å². The first-order chi connectivity index (χ1) is 21.3. The number of anilines is 1. The van der Waals surface area contributed by atoms with Crippen molar-refractivity contribution in [3.8, 4) is 0 Å². The summed E-state index contributed by atoms with van der Waals surface area (Å²) in [5.41, 5.74) is -0.832. The van der Waals surface area contributed by atoms with Gasteiger partial charge in [-0.05, 0) is 79.4 Å². The van der Waals surface area contributed by atoms with Crippen molar-refractivity contribution in [3.05, 3.63) is 99.0 Å². The first-order valence-electron chi connectivity index (χ1n) is 14.3. The Kier molecular flexibility index (Phi) is 12.0. The highest BCUT2D eigenvalue weighted by Gasteiger charge is 2.37. The Hall–Kier alpha value is -2.99. The van der Waals surface area contributed by atoms with Gasteiger partial charge in [0.2, 0.25) is 0 Å². The van der Waals surface area contributed by atoms with E-state index < -0.39 is 30.1 Å². The lowest BCUT2D eigenvalue weighted by molar-refractivity contribution is -0.143. The van der Waals surface area contributed by atoms with Crippen LogP contribution < -0.4 is 5.32 Å². The number of nitrogens with one attached hydrogen (secondary N) is 1. The van der Waals surface area contributed by atoms with Gasteiger partial charge in [0, 0.05) is 30.7 Å². The number of rotatable bonds is 12. The quantitative estimate of drug-likeness (QED) is 0.118. The van der Waals surface area contributed by atoms with Gasteiger partial charge in [-0.25, -0.2) is 0 Å². The number of hydrogen-bond acceptors (Lipinski definition) is 5. The molecule has 1 fully saturated rings. The molecule has 0 aliphatic carbocycles. The summed E-state index contributed by atoms with van der Waals surface area (Å²) in [6, 6.07) is 16.9. The van der Waals surface area contributed by atoms with Gasteiger partial charge in [0.15, 0.2) is 0 Å². The third-order valence-electron chi connectivity index (χ3n) is 7.59. The van der Waals surface area contributed by atoms with E-state index in [0.29, 0.717) is 46.9 Å². The first kappa shape index (κ1) is 34.9. The predicted molar refractivity (Wildman–Crippen MR) is 164 cm³/mol. The molecular formula is C32H33Cl2F6N3O2. The number of piperidine rings is 1. The highest BCUT2D eigenvalue weighted by molar-refractivity contribution is 6.42. The molecule has 5 nitrogen and oxygen atoms in total. The fourth-order valence-corrected chi connectivity index (χ4v) is 5.63. The molecular weight excluding hydrogens is 643 g/mol. The molecule has 1 N–H and O–H groups in total. The zero-order chi connectivity index (χ0) is 32.6. The normalized spacial score (nSPS) is 16.1. The van der Waals surface area contributed by atoms with Crippen molar-refractivity contribution in [3.63, 3.8) is 0 Å². The molecule has 0 amide bonds. The number of oxime groups is 1. The molecule has 13 heteroatoms. The number of likely N-dealkylation sites (tertiary alicyclic amines) is 1. The summed E-state index contributed by atoms with van der Waals surface area (Å²) in [7, 11) is 1.35. The number of ether oxygens (including phenoxy) is 1. The molecule has 0 radical (unpaired) electrons. The van der Waals surface area contributed by atoms with Gasteiger partial charge in [-0.15, -0.1) is 0 Å². The summed E-state index contributed by atoms with van der Waals surface area (Å²) in [5, 5.41) is 8.40. The number of para-hydroxylation sites is 1. The smallest absolute Gasteiger partial charge is 0.399 e. The van der Waals surface area contributed by atoms with Crippen LogP contribution in [0.15, 0.2) is 71.9 Å². The van der Waals surface area contributed by atoms with E-state index in [1.54, 1.807) is 18.2 Å². The monoisotopic (exact) mass is 675 g/mol. The van der Waals surface area contributed by atoms with Gasteiger partial charge in [-0.2, -0.15) is 26.3 Å². The third kappa shape index (κ3) is 10.3. The second kappa shape index (κ2) is 15.5. The van der Waals surface area contributed by atoms with Crippen molar-refractivity contribution in [2.75, 3.05) is 38.7 Å². The number of halogens is 8. The molecule has 45 heavy (non-hydrogen) atoms. The van der Waals surface area contributed by atoms with Crippen LogP contribution in [0.25, 0.3) is 0 Å². The Balaban J connectivity index is 1.46. The molecule has 0 spiro atoms. The van der Waals surface area contributed by atoms with Crippen molar-refractivity contribution in [2.24, 2.45) is 5.16 Å². The molecule has 4 rings (SSSR count). The molecule has 244 valence electrons. The topological polar surface area (TPSA) is 46.1 Å². The van der Waals surface area contributed by atoms with Crippen LogP contribution in [0.3, 0.4) is 0 Å². The van der Waals surface area contributed by atoms with Crippen LogP contribution in [0.4, 0.5) is 32.0 Å². The fourth-order valence-electron chi connectivity index (χ4n) is 5.32. The van der Waals surface area contributed by atoms with Crippen molar-refractivity contribution in [1.29, 1.82) is 0 Å². The summed E-state index contributed by atoms with van der Waals surface area (Å²) < 4.78 is 85.6. The maximum atomic E-state index is 13.3. The average molecular weight is 677 g/mol. The van der Waals surface area contributed by atoms with Crippen LogP contribution in [0, 0.1) is 0 Å². The molecule has 3 aromatic rings. The Morgan fingerprint density at radius 3 is 2.13 bits per heavy atom. The maximum Gasteiger partial charge on any atom is 0.416 e. The van der Waals surface area contributed by atoms with Crippen LogP contribution >= 0.6 is 23.2 Å². The van der Waals surface area contributed by atoms with E-state index in [2.05, 4.69) is 15.4 Å². The maximum absolute atomic E-state index is 13.3. The van der Waals surface area contributed by atoms with Crippen molar-refractivity contribution >= 4 is 34.6 Å². The molecule has 0 bridgehead atoms. The number of benzene rings is 3. The molecule has 1 saturated heterocycles. The summed E-state index contributed by atoms with van der Waals surface area (Å²) in [6.07, 6.45) is -7.44. The molecule has 0 aromatic heterocycles. The minimum Gasteiger partial charge on any atom is -0.399 e.